The van der Waals surface area contributed by atoms with Crippen LogP contribution in [0.1, 0.15) is 25.5 Å². The van der Waals surface area contributed by atoms with Crippen molar-refractivity contribution in [2.24, 2.45) is 5.73 Å². The van der Waals surface area contributed by atoms with Gasteiger partial charge in [0.15, 0.2) is 0 Å². The Hall–Kier alpha value is -2.08. The number of nitrogens with zero attached hydrogens (tertiary/aromatic N) is 2. The summed E-state index contributed by atoms with van der Waals surface area (Å²) in [7, 11) is 1.73. The topological polar surface area (TPSA) is 78.7 Å². The van der Waals surface area contributed by atoms with Gasteiger partial charge in [-0.05, 0) is 26.0 Å². The van der Waals surface area contributed by atoms with E-state index in [1.807, 2.05) is 32.0 Å². The molecule has 0 saturated carbocycles. The van der Waals surface area contributed by atoms with Crippen molar-refractivity contribution in [3.63, 3.8) is 0 Å². The molecule has 1 saturated heterocycles. The summed E-state index contributed by atoms with van der Waals surface area (Å²) in [5, 5.41) is 2.88. The highest BCUT2D eigenvalue weighted by atomic mass is 16.2. The predicted octanol–water partition coefficient (Wildman–Crippen LogP) is 0.378. The third-order valence-electron chi connectivity index (χ3n) is 4.47. The van der Waals surface area contributed by atoms with E-state index < -0.39 is 11.6 Å². The molecular formula is C15H20N4O2. The van der Waals surface area contributed by atoms with Gasteiger partial charge in [-0.1, -0.05) is 6.07 Å². The van der Waals surface area contributed by atoms with Gasteiger partial charge >= 0.3 is 0 Å². The molecule has 0 spiro atoms. The second-order valence-corrected chi connectivity index (χ2v) is 6.08. The van der Waals surface area contributed by atoms with Crippen LogP contribution in [0.15, 0.2) is 18.2 Å². The molecule has 1 unspecified atom stereocenters. The van der Waals surface area contributed by atoms with E-state index in [4.69, 9.17) is 5.73 Å². The van der Waals surface area contributed by atoms with Crippen LogP contribution in [0, 0.1) is 0 Å². The standard InChI is InChI=1S/C15H20N4O2/c1-15(2)14(21)17-6-7-19(15)9-4-5-10-11(8-9)18(3)13(20)12(10)16/h4-5,8,12H,6-7,16H2,1-3H3,(H,17,21). The van der Waals surface area contributed by atoms with E-state index in [9.17, 15) is 9.59 Å². The summed E-state index contributed by atoms with van der Waals surface area (Å²) in [6.45, 7) is 5.15. The molecule has 1 atom stereocenters. The molecule has 112 valence electrons. The number of amides is 2. The SMILES string of the molecule is CN1C(=O)C(N)c2ccc(N3CCNC(=O)C3(C)C)cc21. The molecule has 3 rings (SSSR count). The number of rotatable bonds is 1. The minimum absolute atomic E-state index is 0.00961. The summed E-state index contributed by atoms with van der Waals surface area (Å²) in [4.78, 5) is 27.7. The average molecular weight is 288 g/mol. The monoisotopic (exact) mass is 288 g/mol. The van der Waals surface area contributed by atoms with Gasteiger partial charge in [0.1, 0.15) is 11.6 Å². The molecule has 0 radical (unpaired) electrons. The minimum Gasteiger partial charge on any atom is -0.356 e. The highest BCUT2D eigenvalue weighted by molar-refractivity contribution is 6.04. The molecule has 1 aromatic carbocycles. The van der Waals surface area contributed by atoms with Crippen LogP contribution in [0.4, 0.5) is 11.4 Å². The van der Waals surface area contributed by atoms with Crippen molar-refractivity contribution in [3.05, 3.63) is 23.8 Å². The van der Waals surface area contributed by atoms with Gasteiger partial charge in [-0.15, -0.1) is 0 Å². The lowest BCUT2D eigenvalue weighted by Crippen LogP contribution is -2.62. The molecule has 2 heterocycles. The van der Waals surface area contributed by atoms with Gasteiger partial charge in [0.2, 0.25) is 11.8 Å². The number of nitrogens with two attached hydrogens (primary N) is 1. The first-order valence-corrected chi connectivity index (χ1v) is 7.07. The van der Waals surface area contributed by atoms with Crippen LogP contribution in [-0.2, 0) is 9.59 Å². The lowest BCUT2D eigenvalue weighted by molar-refractivity contribution is -0.126. The zero-order valence-corrected chi connectivity index (χ0v) is 12.5. The summed E-state index contributed by atoms with van der Waals surface area (Å²) in [6.07, 6.45) is 0. The zero-order chi connectivity index (χ0) is 15.4. The van der Waals surface area contributed by atoms with Crippen LogP contribution in [-0.4, -0.2) is 37.5 Å². The smallest absolute Gasteiger partial charge is 0.248 e. The molecule has 6 heteroatoms. The maximum absolute atomic E-state index is 12.1. The van der Waals surface area contributed by atoms with Crippen molar-refractivity contribution < 1.29 is 9.59 Å². The molecule has 0 aliphatic carbocycles. The fourth-order valence-corrected chi connectivity index (χ4v) is 3.07. The average Bonchev–Trinajstić information content (AvgIpc) is 2.66. The molecule has 2 amide bonds. The third-order valence-corrected chi connectivity index (χ3v) is 4.47. The fraction of sp³-hybridized carbons (Fsp3) is 0.467. The first-order valence-electron chi connectivity index (χ1n) is 7.07. The highest BCUT2D eigenvalue weighted by Gasteiger charge is 2.39. The number of likely N-dealkylation sites (N-methyl/N-ethyl adjacent to an activating group) is 1. The molecule has 6 nitrogen and oxygen atoms in total. The Labute approximate surface area is 123 Å². The van der Waals surface area contributed by atoms with E-state index in [0.29, 0.717) is 6.54 Å². The van der Waals surface area contributed by atoms with Crippen LogP contribution in [0.5, 0.6) is 0 Å². The highest BCUT2D eigenvalue weighted by Crippen LogP contribution is 2.38. The number of hydrogen-bond acceptors (Lipinski definition) is 4. The number of carbonyl (C=O) groups is 2. The molecular weight excluding hydrogens is 268 g/mol. The number of benzene rings is 1. The largest absolute Gasteiger partial charge is 0.356 e. The first kappa shape index (κ1) is 13.9. The molecule has 0 bridgehead atoms. The van der Waals surface area contributed by atoms with Gasteiger partial charge in [0, 0.05) is 31.4 Å². The predicted molar refractivity (Wildman–Crippen MR) is 81.2 cm³/mol. The second-order valence-electron chi connectivity index (χ2n) is 6.08. The summed E-state index contributed by atoms with van der Waals surface area (Å²) in [5.74, 6) is -0.0896. The van der Waals surface area contributed by atoms with Crippen LogP contribution >= 0.6 is 0 Å². The Balaban J connectivity index is 2.02. The number of anilines is 2. The van der Waals surface area contributed by atoms with Crippen LogP contribution in [0.3, 0.4) is 0 Å². The van der Waals surface area contributed by atoms with E-state index in [-0.39, 0.29) is 11.8 Å². The van der Waals surface area contributed by atoms with E-state index in [1.54, 1.807) is 11.9 Å². The summed E-state index contributed by atoms with van der Waals surface area (Å²) in [6, 6.07) is 5.18. The maximum Gasteiger partial charge on any atom is 0.248 e. The van der Waals surface area contributed by atoms with Crippen molar-refractivity contribution in [1.82, 2.24) is 5.32 Å². The Morgan fingerprint density at radius 1 is 1.33 bits per heavy atom. The maximum atomic E-state index is 12.1. The quantitative estimate of drug-likeness (QED) is 0.783. The molecule has 21 heavy (non-hydrogen) atoms. The Bertz CT molecular complexity index is 626. The Morgan fingerprint density at radius 3 is 2.76 bits per heavy atom. The van der Waals surface area contributed by atoms with E-state index in [1.165, 1.54) is 0 Å². The molecule has 0 aromatic heterocycles. The third kappa shape index (κ3) is 1.90. The van der Waals surface area contributed by atoms with E-state index in [0.717, 1.165) is 23.5 Å². The van der Waals surface area contributed by atoms with E-state index >= 15 is 0 Å². The number of fused-ring (bicyclic) bond motifs is 1. The van der Waals surface area contributed by atoms with Crippen molar-refractivity contribution in [2.75, 3.05) is 29.9 Å². The second kappa shape index (κ2) is 4.46. The summed E-state index contributed by atoms with van der Waals surface area (Å²) in [5.41, 5.74) is 7.90. The number of carbonyl (C=O) groups excluding carboxylic acids is 2. The summed E-state index contributed by atoms with van der Waals surface area (Å²) >= 11 is 0. The summed E-state index contributed by atoms with van der Waals surface area (Å²) < 4.78 is 0. The van der Waals surface area contributed by atoms with E-state index in [2.05, 4.69) is 10.2 Å². The van der Waals surface area contributed by atoms with Gasteiger partial charge in [0.25, 0.3) is 0 Å². The number of piperazine rings is 1. The Morgan fingerprint density at radius 2 is 2.05 bits per heavy atom. The first-order chi connectivity index (χ1) is 9.84. The van der Waals surface area contributed by atoms with Crippen molar-refractivity contribution in [2.45, 2.75) is 25.4 Å². The van der Waals surface area contributed by atoms with Gasteiger partial charge in [-0.2, -0.15) is 0 Å². The van der Waals surface area contributed by atoms with Crippen LogP contribution in [0.2, 0.25) is 0 Å². The molecule has 1 fully saturated rings. The number of nitrogens with one attached hydrogen (secondary N) is 1. The van der Waals surface area contributed by atoms with Gasteiger partial charge in [-0.3, -0.25) is 9.59 Å². The zero-order valence-electron chi connectivity index (χ0n) is 12.5. The van der Waals surface area contributed by atoms with Crippen molar-refractivity contribution >= 4 is 23.2 Å². The normalized spacial score (nSPS) is 24.1. The molecule has 3 N–H and O–H groups in total. The van der Waals surface area contributed by atoms with Gasteiger partial charge < -0.3 is 20.9 Å². The van der Waals surface area contributed by atoms with Crippen LogP contribution in [0.25, 0.3) is 0 Å². The van der Waals surface area contributed by atoms with Crippen molar-refractivity contribution in [3.8, 4) is 0 Å². The van der Waals surface area contributed by atoms with Gasteiger partial charge in [-0.25, -0.2) is 0 Å². The number of hydrogen-bond donors (Lipinski definition) is 2. The lowest BCUT2D eigenvalue weighted by Gasteiger charge is -2.43. The molecule has 1 aromatic rings. The lowest BCUT2D eigenvalue weighted by atomic mass is 9.97. The molecule has 2 aliphatic rings. The van der Waals surface area contributed by atoms with Crippen LogP contribution < -0.4 is 20.9 Å². The Kier molecular flexibility index (Phi) is 2.95. The molecule has 2 aliphatic heterocycles. The van der Waals surface area contributed by atoms with Crippen molar-refractivity contribution in [1.29, 1.82) is 0 Å². The minimum atomic E-state index is -0.615. The van der Waals surface area contributed by atoms with Gasteiger partial charge in [0.05, 0.1) is 5.69 Å². The fourth-order valence-electron chi connectivity index (χ4n) is 3.07.